The maximum atomic E-state index is 12.9. The average Bonchev–Trinajstić information content (AvgIpc) is 3.33. The Morgan fingerprint density at radius 1 is 1.37 bits per heavy atom. The van der Waals surface area contributed by atoms with Gasteiger partial charge in [-0.1, -0.05) is 29.8 Å². The summed E-state index contributed by atoms with van der Waals surface area (Å²) < 4.78 is 40.5. The van der Waals surface area contributed by atoms with Crippen LogP contribution in [0, 0.1) is 0 Å². The monoisotopic (exact) mass is 456 g/mol. The zero-order chi connectivity index (χ0) is 21.9. The number of aryl methyl sites for hydroxylation is 1. The summed E-state index contributed by atoms with van der Waals surface area (Å²) in [5, 5.41) is 9.30. The fraction of sp³-hybridized carbons (Fsp3) is 0.300. The van der Waals surface area contributed by atoms with Gasteiger partial charge in [-0.2, -0.15) is 18.3 Å². The molecule has 2 aromatic heterocycles. The number of thiophene rings is 1. The smallest absolute Gasteiger partial charge is 0.347 e. The number of carbonyl (C=O) groups excluding carboxylic acids is 1. The molecule has 0 aliphatic heterocycles. The van der Waals surface area contributed by atoms with Gasteiger partial charge in [0.15, 0.2) is 0 Å². The molecule has 5 nitrogen and oxygen atoms in total. The molecular weight excluding hydrogens is 437 g/mol. The van der Waals surface area contributed by atoms with Crippen molar-refractivity contribution >= 4 is 28.8 Å². The van der Waals surface area contributed by atoms with Crippen molar-refractivity contribution in [2.75, 3.05) is 6.54 Å². The molecule has 1 atom stereocenters. The third-order valence-corrected chi connectivity index (χ3v) is 5.75. The molecule has 1 amide bonds. The van der Waals surface area contributed by atoms with Crippen molar-refractivity contribution < 1.29 is 18.0 Å². The Kier molecular flexibility index (Phi) is 6.84. The Hall–Kier alpha value is -2.36. The van der Waals surface area contributed by atoms with Gasteiger partial charge < -0.3 is 11.1 Å². The number of rotatable bonds is 7. The minimum absolute atomic E-state index is 0.0919. The van der Waals surface area contributed by atoms with Gasteiger partial charge in [-0.3, -0.25) is 9.48 Å². The van der Waals surface area contributed by atoms with Gasteiger partial charge >= 0.3 is 6.18 Å². The van der Waals surface area contributed by atoms with E-state index in [2.05, 4.69) is 10.4 Å². The van der Waals surface area contributed by atoms with Gasteiger partial charge in [0.05, 0.1) is 27.4 Å². The molecule has 3 rings (SSSR count). The van der Waals surface area contributed by atoms with Gasteiger partial charge in [-0.15, -0.1) is 11.3 Å². The van der Waals surface area contributed by atoms with Crippen LogP contribution in [-0.4, -0.2) is 28.3 Å². The summed E-state index contributed by atoms with van der Waals surface area (Å²) in [7, 11) is 0. The fourth-order valence-electron chi connectivity index (χ4n) is 3.08. The summed E-state index contributed by atoms with van der Waals surface area (Å²) in [4.78, 5) is 13.1. The van der Waals surface area contributed by atoms with Gasteiger partial charge in [0.2, 0.25) is 0 Å². The lowest BCUT2D eigenvalue weighted by atomic mass is 10.0. The lowest BCUT2D eigenvalue weighted by molar-refractivity contribution is -0.137. The minimum Gasteiger partial charge on any atom is -0.347 e. The van der Waals surface area contributed by atoms with E-state index >= 15 is 0 Å². The van der Waals surface area contributed by atoms with E-state index in [-0.39, 0.29) is 18.9 Å². The summed E-state index contributed by atoms with van der Waals surface area (Å²) in [6, 6.07) is 6.23. The third kappa shape index (κ3) is 5.03. The molecule has 30 heavy (non-hydrogen) atoms. The Morgan fingerprint density at radius 3 is 2.80 bits per heavy atom. The predicted molar refractivity (Wildman–Crippen MR) is 112 cm³/mol. The largest absolute Gasteiger partial charge is 0.416 e. The standard InChI is InChI=1S/C20H20ClF3N4OS/c1-2-28-18(16(21)10-26-28)13-8-17(30-11-13)19(29)27-15(9-25)7-12-4-3-5-14(6-12)20(22,23)24/h3-6,8,10-11,15H,2,7,9,25H2,1H3,(H,27,29)/t15-/m0/s1. The predicted octanol–water partition coefficient (Wildman–Crippen LogP) is 4.60. The molecule has 0 unspecified atom stereocenters. The highest BCUT2D eigenvalue weighted by atomic mass is 35.5. The second-order valence-corrected chi connectivity index (χ2v) is 7.98. The number of nitrogens with two attached hydrogens (primary N) is 1. The van der Waals surface area contributed by atoms with Crippen LogP contribution in [0.15, 0.2) is 41.9 Å². The Morgan fingerprint density at radius 2 is 2.13 bits per heavy atom. The van der Waals surface area contributed by atoms with Crippen LogP contribution in [0.1, 0.15) is 27.7 Å². The van der Waals surface area contributed by atoms with Crippen molar-refractivity contribution in [3.63, 3.8) is 0 Å². The lowest BCUT2D eigenvalue weighted by Gasteiger charge is -2.17. The van der Waals surface area contributed by atoms with Gasteiger partial charge in [0, 0.05) is 30.1 Å². The van der Waals surface area contributed by atoms with Crippen LogP contribution in [0.3, 0.4) is 0 Å². The van der Waals surface area contributed by atoms with Crippen LogP contribution in [0.2, 0.25) is 5.02 Å². The quantitative estimate of drug-likeness (QED) is 0.545. The van der Waals surface area contributed by atoms with Gasteiger partial charge in [-0.05, 0) is 31.0 Å². The first-order valence-corrected chi connectivity index (χ1v) is 10.5. The van der Waals surface area contributed by atoms with Gasteiger partial charge in [0.25, 0.3) is 5.91 Å². The molecule has 1 aromatic carbocycles. The number of benzene rings is 1. The molecule has 0 saturated carbocycles. The Balaban J connectivity index is 1.72. The highest BCUT2D eigenvalue weighted by Crippen LogP contribution is 2.32. The SMILES string of the molecule is CCn1ncc(Cl)c1-c1csc(C(=O)N[C@H](CN)Cc2cccc(C(F)(F)F)c2)c1. The average molecular weight is 457 g/mol. The van der Waals surface area contributed by atoms with Crippen molar-refractivity contribution in [1.29, 1.82) is 0 Å². The first kappa shape index (κ1) is 22.3. The number of alkyl halides is 3. The Labute approximate surface area is 180 Å². The summed E-state index contributed by atoms with van der Waals surface area (Å²) in [5.74, 6) is -0.340. The molecular formula is C20H20ClF3N4OS. The molecule has 0 saturated heterocycles. The van der Waals surface area contributed by atoms with Crippen LogP contribution in [0.5, 0.6) is 0 Å². The molecule has 0 fully saturated rings. The molecule has 0 aliphatic rings. The topological polar surface area (TPSA) is 72.9 Å². The van der Waals surface area contributed by atoms with Crippen LogP contribution in [-0.2, 0) is 19.1 Å². The fourth-order valence-corrected chi connectivity index (χ4v) is 4.12. The number of amides is 1. The number of carbonyl (C=O) groups is 1. The number of nitrogens with zero attached hydrogens (tertiary/aromatic N) is 2. The number of hydrogen-bond acceptors (Lipinski definition) is 4. The van der Waals surface area contributed by atoms with Gasteiger partial charge in [0.1, 0.15) is 0 Å². The molecule has 3 aromatic rings. The van der Waals surface area contributed by atoms with E-state index in [0.29, 0.717) is 22.0 Å². The van der Waals surface area contributed by atoms with Crippen molar-refractivity contribution in [2.24, 2.45) is 5.73 Å². The molecule has 0 spiro atoms. The van der Waals surface area contributed by atoms with Gasteiger partial charge in [-0.25, -0.2) is 0 Å². The second kappa shape index (κ2) is 9.20. The molecule has 160 valence electrons. The molecule has 3 N–H and O–H groups in total. The molecule has 0 radical (unpaired) electrons. The zero-order valence-electron chi connectivity index (χ0n) is 16.0. The van der Waals surface area contributed by atoms with Crippen molar-refractivity contribution in [2.45, 2.75) is 32.1 Å². The first-order valence-electron chi connectivity index (χ1n) is 9.20. The van der Waals surface area contributed by atoms with E-state index in [4.69, 9.17) is 17.3 Å². The summed E-state index contributed by atoms with van der Waals surface area (Å²) in [5.41, 5.74) is 6.98. The van der Waals surface area contributed by atoms with Crippen molar-refractivity contribution in [3.05, 3.63) is 62.9 Å². The first-order chi connectivity index (χ1) is 14.2. The molecule has 2 heterocycles. The number of hydrogen-bond donors (Lipinski definition) is 2. The molecule has 0 aliphatic carbocycles. The van der Waals surface area contributed by atoms with Crippen LogP contribution in [0.4, 0.5) is 13.2 Å². The molecule has 0 bridgehead atoms. The highest BCUT2D eigenvalue weighted by Gasteiger charge is 2.30. The minimum atomic E-state index is -4.42. The van der Waals surface area contributed by atoms with Crippen molar-refractivity contribution in [1.82, 2.24) is 15.1 Å². The van der Waals surface area contributed by atoms with Crippen LogP contribution >= 0.6 is 22.9 Å². The van der Waals surface area contributed by atoms with Crippen LogP contribution < -0.4 is 11.1 Å². The Bertz CT molecular complexity index is 1030. The van der Waals surface area contributed by atoms with E-state index in [9.17, 15) is 18.0 Å². The maximum absolute atomic E-state index is 12.9. The third-order valence-electron chi connectivity index (χ3n) is 4.55. The van der Waals surface area contributed by atoms with E-state index < -0.39 is 17.8 Å². The number of aromatic nitrogens is 2. The van der Waals surface area contributed by atoms with Crippen LogP contribution in [0.25, 0.3) is 11.3 Å². The second-order valence-electron chi connectivity index (χ2n) is 6.66. The molecule has 10 heteroatoms. The summed E-state index contributed by atoms with van der Waals surface area (Å²) in [6.45, 7) is 2.66. The number of nitrogens with one attached hydrogen (secondary N) is 1. The van der Waals surface area contributed by atoms with E-state index in [1.165, 1.54) is 17.4 Å². The van der Waals surface area contributed by atoms with Crippen molar-refractivity contribution in [3.8, 4) is 11.3 Å². The zero-order valence-corrected chi connectivity index (χ0v) is 17.6. The van der Waals surface area contributed by atoms with E-state index in [1.807, 2.05) is 12.3 Å². The maximum Gasteiger partial charge on any atom is 0.416 e. The van der Waals surface area contributed by atoms with E-state index in [1.54, 1.807) is 23.0 Å². The van der Waals surface area contributed by atoms with E-state index in [0.717, 1.165) is 23.4 Å². The highest BCUT2D eigenvalue weighted by molar-refractivity contribution is 7.12. The normalized spacial score (nSPS) is 12.7. The lowest BCUT2D eigenvalue weighted by Crippen LogP contribution is -2.41. The summed E-state index contributed by atoms with van der Waals surface area (Å²) >= 11 is 7.46. The summed E-state index contributed by atoms with van der Waals surface area (Å²) in [6.07, 6.45) is -2.67. The number of halogens is 4.